The monoisotopic (exact) mass is 455 g/mol. The average Bonchev–Trinajstić information content (AvgIpc) is 2.81. The fourth-order valence-corrected chi connectivity index (χ4v) is 2.17. The summed E-state index contributed by atoms with van der Waals surface area (Å²) < 4.78 is 22.3. The van der Waals surface area contributed by atoms with E-state index in [9.17, 15) is 14.4 Å². The van der Waals surface area contributed by atoms with Crippen LogP contribution in [-0.4, -0.2) is 83.3 Å². The van der Waals surface area contributed by atoms with Gasteiger partial charge in [0.25, 0.3) is 0 Å². The van der Waals surface area contributed by atoms with E-state index >= 15 is 0 Å². The van der Waals surface area contributed by atoms with Crippen molar-refractivity contribution in [1.29, 1.82) is 0 Å². The summed E-state index contributed by atoms with van der Waals surface area (Å²) in [5.74, 6) is -0.716. The maximum Gasteiger partial charge on any atom is 0.245 e. The summed E-state index contributed by atoms with van der Waals surface area (Å²) in [6, 6.07) is 0. The molecule has 0 saturated carbocycles. The molecule has 182 valence electrons. The van der Waals surface area contributed by atoms with Crippen LogP contribution in [0.25, 0.3) is 0 Å². The van der Waals surface area contributed by atoms with Crippen molar-refractivity contribution >= 4 is 17.7 Å². The zero-order valence-electron chi connectivity index (χ0n) is 18.8. The maximum atomic E-state index is 11.1. The van der Waals surface area contributed by atoms with Gasteiger partial charge in [0.2, 0.25) is 17.7 Å². The normalized spacial score (nSPS) is 11.2. The zero-order chi connectivity index (χ0) is 23.9. The number of carbonyl (C=O) groups excluding carboxylic acids is 3. The molecule has 0 fully saturated rings. The highest BCUT2D eigenvalue weighted by molar-refractivity contribution is 5.87. The molecule has 3 amide bonds. The van der Waals surface area contributed by atoms with E-state index in [4.69, 9.17) is 18.9 Å². The lowest BCUT2D eigenvalue weighted by Crippen LogP contribution is -2.29. The van der Waals surface area contributed by atoms with E-state index in [2.05, 4.69) is 35.7 Å². The minimum atomic E-state index is -0.284. The summed E-state index contributed by atoms with van der Waals surface area (Å²) in [6.45, 7) is 13.8. The van der Waals surface area contributed by atoms with Gasteiger partial charge in [-0.1, -0.05) is 19.7 Å². The molecule has 1 atom stereocenters. The van der Waals surface area contributed by atoms with E-state index in [0.29, 0.717) is 72.0 Å². The SMILES string of the molecule is C=CC(=O)NCCCOCC(COCCCOCNC(=O)C=C)OCCCNC(=O)C=C. The molecule has 0 spiro atoms. The Labute approximate surface area is 190 Å². The molecule has 0 aromatic heterocycles. The third kappa shape index (κ3) is 19.4. The predicted octanol–water partition coefficient (Wildman–Crippen LogP) is 0.456. The van der Waals surface area contributed by atoms with Gasteiger partial charge in [0.05, 0.1) is 19.8 Å². The van der Waals surface area contributed by atoms with Crippen molar-refractivity contribution in [2.75, 3.05) is 59.5 Å². The highest BCUT2D eigenvalue weighted by Gasteiger charge is 2.10. The van der Waals surface area contributed by atoms with Gasteiger partial charge < -0.3 is 34.9 Å². The number of amides is 3. The molecule has 0 aliphatic carbocycles. The third-order valence-electron chi connectivity index (χ3n) is 3.83. The molecule has 0 bridgehead atoms. The Morgan fingerprint density at radius 3 is 1.69 bits per heavy atom. The lowest BCUT2D eigenvalue weighted by Gasteiger charge is -2.18. The minimum absolute atomic E-state index is 0.125. The topological polar surface area (TPSA) is 124 Å². The zero-order valence-corrected chi connectivity index (χ0v) is 18.8. The van der Waals surface area contributed by atoms with Crippen molar-refractivity contribution in [3.63, 3.8) is 0 Å². The Hall–Kier alpha value is -2.53. The summed E-state index contributed by atoms with van der Waals surface area (Å²) >= 11 is 0. The Kier molecular flexibility index (Phi) is 20.0. The number of hydrogen-bond acceptors (Lipinski definition) is 7. The molecule has 0 aromatic rings. The summed E-state index contributed by atoms with van der Waals surface area (Å²) in [7, 11) is 0. The fourth-order valence-electron chi connectivity index (χ4n) is 2.17. The first-order valence-electron chi connectivity index (χ1n) is 10.6. The van der Waals surface area contributed by atoms with E-state index in [1.165, 1.54) is 18.2 Å². The molecule has 0 heterocycles. The first kappa shape index (κ1) is 29.5. The van der Waals surface area contributed by atoms with Crippen molar-refractivity contribution in [3.05, 3.63) is 38.0 Å². The van der Waals surface area contributed by atoms with Crippen LogP contribution < -0.4 is 16.0 Å². The van der Waals surface area contributed by atoms with E-state index in [-0.39, 0.29) is 30.6 Å². The van der Waals surface area contributed by atoms with E-state index < -0.39 is 0 Å². The molecule has 0 saturated heterocycles. The van der Waals surface area contributed by atoms with Crippen LogP contribution in [0.1, 0.15) is 19.3 Å². The highest BCUT2D eigenvalue weighted by Crippen LogP contribution is 1.99. The van der Waals surface area contributed by atoms with E-state index in [1.807, 2.05) is 0 Å². The van der Waals surface area contributed by atoms with Gasteiger partial charge in [-0.3, -0.25) is 14.4 Å². The Morgan fingerprint density at radius 2 is 1.12 bits per heavy atom. The molecule has 0 aliphatic rings. The Balaban J connectivity index is 4.01. The van der Waals surface area contributed by atoms with Crippen LogP contribution in [-0.2, 0) is 33.3 Å². The largest absolute Gasteiger partial charge is 0.379 e. The van der Waals surface area contributed by atoms with Crippen LogP contribution in [0.2, 0.25) is 0 Å². The fraction of sp³-hybridized carbons (Fsp3) is 0.591. The molecule has 0 aromatic carbocycles. The smallest absolute Gasteiger partial charge is 0.245 e. The third-order valence-corrected chi connectivity index (χ3v) is 3.83. The maximum absolute atomic E-state index is 11.1. The summed E-state index contributed by atoms with van der Waals surface area (Å²) in [6.07, 6.45) is 5.34. The van der Waals surface area contributed by atoms with Crippen molar-refractivity contribution in [3.8, 4) is 0 Å². The van der Waals surface area contributed by atoms with Gasteiger partial charge in [0.15, 0.2) is 0 Å². The molecule has 0 radical (unpaired) electrons. The molecule has 32 heavy (non-hydrogen) atoms. The molecule has 10 nitrogen and oxygen atoms in total. The molecule has 0 aliphatic heterocycles. The lowest BCUT2D eigenvalue weighted by atomic mass is 10.3. The molecule has 10 heteroatoms. The number of hydrogen-bond donors (Lipinski definition) is 3. The van der Waals surface area contributed by atoms with Crippen LogP contribution in [0.15, 0.2) is 38.0 Å². The van der Waals surface area contributed by atoms with Gasteiger partial charge in [-0.2, -0.15) is 0 Å². The number of carbonyl (C=O) groups is 3. The average molecular weight is 456 g/mol. The predicted molar refractivity (Wildman–Crippen MR) is 121 cm³/mol. The van der Waals surface area contributed by atoms with Gasteiger partial charge in [0, 0.05) is 32.9 Å². The lowest BCUT2D eigenvalue weighted by molar-refractivity contribution is -0.118. The number of ether oxygens (including phenoxy) is 4. The Bertz CT molecular complexity index is 570. The van der Waals surface area contributed by atoms with E-state index in [0.717, 1.165) is 0 Å². The first-order valence-corrected chi connectivity index (χ1v) is 10.6. The van der Waals surface area contributed by atoms with Crippen molar-refractivity contribution in [2.45, 2.75) is 25.4 Å². The molecular weight excluding hydrogens is 418 g/mol. The van der Waals surface area contributed by atoms with Gasteiger partial charge in [-0.05, 0) is 37.5 Å². The summed E-state index contributed by atoms with van der Waals surface area (Å²) in [5.41, 5.74) is 0. The van der Waals surface area contributed by atoms with E-state index in [1.54, 1.807) is 0 Å². The first-order chi connectivity index (χ1) is 15.5. The Morgan fingerprint density at radius 1 is 0.656 bits per heavy atom. The van der Waals surface area contributed by atoms with Gasteiger partial charge >= 0.3 is 0 Å². The highest BCUT2D eigenvalue weighted by atomic mass is 16.6. The summed E-state index contributed by atoms with van der Waals surface area (Å²) in [4.78, 5) is 33.2. The van der Waals surface area contributed by atoms with Gasteiger partial charge in [-0.15, -0.1) is 0 Å². The standard InChI is InChI=1S/C22H37N3O7/c1-4-20(26)23-10-7-12-29-16-19(32-15-8-11-24-21(27)5-2)17-30-13-9-14-31-18-25-22(28)6-3/h4-6,19H,1-3,7-18H2,(H,23,26)(H,24,27)(H,25,28). The van der Waals surface area contributed by atoms with Crippen molar-refractivity contribution in [2.24, 2.45) is 0 Å². The molecular formula is C22H37N3O7. The minimum Gasteiger partial charge on any atom is -0.379 e. The molecule has 3 N–H and O–H groups in total. The second-order valence-corrected chi connectivity index (χ2v) is 6.49. The quantitative estimate of drug-likeness (QED) is 0.123. The van der Waals surface area contributed by atoms with Crippen LogP contribution in [0.4, 0.5) is 0 Å². The van der Waals surface area contributed by atoms with Crippen molar-refractivity contribution < 1.29 is 33.3 Å². The van der Waals surface area contributed by atoms with Gasteiger partial charge in [0.1, 0.15) is 12.8 Å². The van der Waals surface area contributed by atoms with Crippen LogP contribution in [0.3, 0.4) is 0 Å². The van der Waals surface area contributed by atoms with Gasteiger partial charge in [-0.25, -0.2) is 0 Å². The van der Waals surface area contributed by atoms with Crippen LogP contribution in [0.5, 0.6) is 0 Å². The number of nitrogens with one attached hydrogen (secondary N) is 3. The van der Waals surface area contributed by atoms with Crippen LogP contribution in [0, 0.1) is 0 Å². The second-order valence-electron chi connectivity index (χ2n) is 6.49. The van der Waals surface area contributed by atoms with Crippen molar-refractivity contribution in [1.82, 2.24) is 16.0 Å². The number of rotatable bonds is 22. The second kappa shape index (κ2) is 21.7. The summed E-state index contributed by atoms with van der Waals surface area (Å²) in [5, 5.41) is 7.88. The molecule has 1 unspecified atom stereocenters. The molecule has 0 rings (SSSR count). The van der Waals surface area contributed by atoms with Crippen LogP contribution >= 0.6 is 0 Å².